The Morgan fingerprint density at radius 2 is 2.20 bits per heavy atom. The van der Waals surface area contributed by atoms with Crippen molar-refractivity contribution < 1.29 is 4.79 Å². The Kier molecular flexibility index (Phi) is 1.83. The van der Waals surface area contributed by atoms with Crippen LogP contribution in [0, 0.1) is 0 Å². The van der Waals surface area contributed by atoms with E-state index < -0.39 is 0 Å². The first-order valence-corrected chi connectivity index (χ1v) is 5.40. The molecule has 78 valence electrons. The van der Waals surface area contributed by atoms with Crippen molar-refractivity contribution >= 4 is 5.91 Å². The molecular weight excluding hydrogens is 188 g/mol. The van der Waals surface area contributed by atoms with E-state index in [0.717, 1.165) is 12.0 Å². The molecule has 0 aliphatic carbocycles. The lowest BCUT2D eigenvalue weighted by molar-refractivity contribution is 0.0618. The van der Waals surface area contributed by atoms with Gasteiger partial charge in [-0.25, -0.2) is 0 Å². The molecule has 2 heterocycles. The topological polar surface area (TPSA) is 32.3 Å². The molecule has 1 amide bonds. The standard InChI is InChI=1S/C12H14N2O/c1-8-6-11-9-4-2-3-5-10(9)12(15)14(11)7-13-8/h2-5,8,11,13H,6-7H2,1H3. The lowest BCUT2D eigenvalue weighted by Crippen LogP contribution is -2.47. The van der Waals surface area contributed by atoms with Gasteiger partial charge in [0.15, 0.2) is 0 Å². The van der Waals surface area contributed by atoms with Gasteiger partial charge >= 0.3 is 0 Å². The molecule has 1 aromatic rings. The molecule has 0 radical (unpaired) electrons. The van der Waals surface area contributed by atoms with Crippen LogP contribution in [-0.2, 0) is 0 Å². The number of carbonyl (C=O) groups excluding carboxylic acids is 1. The molecule has 2 atom stereocenters. The van der Waals surface area contributed by atoms with E-state index in [4.69, 9.17) is 0 Å². The summed E-state index contributed by atoms with van der Waals surface area (Å²) in [5.74, 6) is 0.176. The summed E-state index contributed by atoms with van der Waals surface area (Å²) in [6.45, 7) is 2.85. The maximum absolute atomic E-state index is 12.0. The van der Waals surface area contributed by atoms with Crippen LogP contribution in [0.5, 0.6) is 0 Å². The summed E-state index contributed by atoms with van der Waals surface area (Å²) in [6, 6.07) is 8.75. The number of nitrogens with one attached hydrogen (secondary N) is 1. The summed E-state index contributed by atoms with van der Waals surface area (Å²) < 4.78 is 0. The van der Waals surface area contributed by atoms with Crippen LogP contribution in [0.1, 0.15) is 35.3 Å². The Balaban J connectivity index is 2.06. The van der Waals surface area contributed by atoms with Crippen molar-refractivity contribution in [3.05, 3.63) is 35.4 Å². The third kappa shape index (κ3) is 1.20. The minimum absolute atomic E-state index is 0.176. The Labute approximate surface area is 89.1 Å². The van der Waals surface area contributed by atoms with Crippen LogP contribution in [0.25, 0.3) is 0 Å². The van der Waals surface area contributed by atoms with Crippen molar-refractivity contribution in [2.45, 2.75) is 25.4 Å². The predicted octanol–water partition coefficient (Wildman–Crippen LogP) is 1.52. The Morgan fingerprint density at radius 3 is 3.07 bits per heavy atom. The molecule has 3 heteroatoms. The van der Waals surface area contributed by atoms with E-state index in [2.05, 4.69) is 18.3 Å². The molecule has 15 heavy (non-hydrogen) atoms. The van der Waals surface area contributed by atoms with E-state index in [9.17, 15) is 4.79 Å². The average Bonchev–Trinajstić information content (AvgIpc) is 2.54. The Bertz CT molecular complexity index is 416. The number of amides is 1. The summed E-state index contributed by atoms with van der Waals surface area (Å²) in [5.41, 5.74) is 2.09. The van der Waals surface area contributed by atoms with E-state index in [1.54, 1.807) is 0 Å². The minimum Gasteiger partial charge on any atom is -0.319 e. The van der Waals surface area contributed by atoms with Gasteiger partial charge < -0.3 is 4.90 Å². The highest BCUT2D eigenvalue weighted by Gasteiger charge is 2.39. The molecule has 1 N–H and O–H groups in total. The van der Waals surface area contributed by atoms with Gasteiger partial charge in [0.1, 0.15) is 0 Å². The molecule has 2 aliphatic heterocycles. The van der Waals surface area contributed by atoms with Gasteiger partial charge in [0.25, 0.3) is 5.91 Å². The van der Waals surface area contributed by atoms with Crippen molar-refractivity contribution in [2.75, 3.05) is 6.67 Å². The average molecular weight is 202 g/mol. The molecule has 0 spiro atoms. The molecule has 2 unspecified atom stereocenters. The summed E-state index contributed by atoms with van der Waals surface area (Å²) >= 11 is 0. The lowest BCUT2D eigenvalue weighted by Gasteiger charge is -2.34. The molecule has 2 aliphatic rings. The maximum atomic E-state index is 12.0. The Morgan fingerprint density at radius 1 is 1.40 bits per heavy atom. The molecule has 0 aromatic heterocycles. The van der Waals surface area contributed by atoms with Gasteiger partial charge in [-0.3, -0.25) is 10.1 Å². The normalized spacial score (nSPS) is 28.9. The van der Waals surface area contributed by atoms with Crippen molar-refractivity contribution in [1.29, 1.82) is 0 Å². The molecule has 1 saturated heterocycles. The van der Waals surface area contributed by atoms with Gasteiger partial charge in [0, 0.05) is 11.6 Å². The fourth-order valence-electron chi connectivity index (χ4n) is 2.56. The van der Waals surface area contributed by atoms with Gasteiger partial charge in [0.2, 0.25) is 0 Å². The monoisotopic (exact) mass is 202 g/mol. The van der Waals surface area contributed by atoms with Gasteiger partial charge in [-0.2, -0.15) is 0 Å². The molecule has 0 saturated carbocycles. The molecule has 1 aromatic carbocycles. The Hall–Kier alpha value is -1.35. The summed E-state index contributed by atoms with van der Waals surface area (Å²) in [4.78, 5) is 14.0. The highest BCUT2D eigenvalue weighted by Crippen LogP contribution is 2.37. The van der Waals surface area contributed by atoms with Crippen LogP contribution in [0.2, 0.25) is 0 Å². The summed E-state index contributed by atoms with van der Waals surface area (Å²) in [5, 5.41) is 3.32. The number of carbonyl (C=O) groups is 1. The third-order valence-electron chi connectivity index (χ3n) is 3.37. The third-order valence-corrected chi connectivity index (χ3v) is 3.37. The van der Waals surface area contributed by atoms with Gasteiger partial charge in [0.05, 0.1) is 12.7 Å². The van der Waals surface area contributed by atoms with Crippen molar-refractivity contribution in [3.8, 4) is 0 Å². The van der Waals surface area contributed by atoms with Crippen molar-refractivity contribution in [2.24, 2.45) is 0 Å². The molecule has 1 fully saturated rings. The smallest absolute Gasteiger partial charge is 0.255 e. The number of hydrogen-bond acceptors (Lipinski definition) is 2. The largest absolute Gasteiger partial charge is 0.319 e. The van der Waals surface area contributed by atoms with Gasteiger partial charge in [-0.05, 0) is 25.0 Å². The van der Waals surface area contributed by atoms with Gasteiger partial charge in [-0.1, -0.05) is 18.2 Å². The number of fused-ring (bicyclic) bond motifs is 3. The van der Waals surface area contributed by atoms with Crippen LogP contribution in [0.15, 0.2) is 24.3 Å². The maximum Gasteiger partial charge on any atom is 0.255 e. The molecular formula is C12H14N2O. The fourth-order valence-corrected chi connectivity index (χ4v) is 2.56. The first-order valence-electron chi connectivity index (χ1n) is 5.40. The summed E-state index contributed by atoms with van der Waals surface area (Å²) in [7, 11) is 0. The van der Waals surface area contributed by atoms with Crippen LogP contribution in [-0.4, -0.2) is 23.5 Å². The number of nitrogens with zero attached hydrogens (tertiary/aromatic N) is 1. The second kappa shape index (κ2) is 3.07. The highest BCUT2D eigenvalue weighted by atomic mass is 16.2. The zero-order valence-electron chi connectivity index (χ0n) is 8.73. The van der Waals surface area contributed by atoms with E-state index in [-0.39, 0.29) is 5.91 Å². The van der Waals surface area contributed by atoms with E-state index in [0.29, 0.717) is 18.8 Å². The quantitative estimate of drug-likeness (QED) is 0.692. The molecule has 3 rings (SSSR count). The summed E-state index contributed by atoms with van der Waals surface area (Å²) in [6.07, 6.45) is 1.02. The molecule has 3 nitrogen and oxygen atoms in total. The van der Waals surface area contributed by atoms with E-state index in [1.165, 1.54) is 5.56 Å². The number of benzene rings is 1. The zero-order chi connectivity index (χ0) is 10.4. The first-order chi connectivity index (χ1) is 7.27. The zero-order valence-corrected chi connectivity index (χ0v) is 8.73. The van der Waals surface area contributed by atoms with Crippen LogP contribution >= 0.6 is 0 Å². The van der Waals surface area contributed by atoms with Crippen LogP contribution in [0.3, 0.4) is 0 Å². The second-order valence-electron chi connectivity index (χ2n) is 4.38. The second-order valence-corrected chi connectivity index (χ2v) is 4.38. The van der Waals surface area contributed by atoms with Crippen molar-refractivity contribution in [3.63, 3.8) is 0 Å². The van der Waals surface area contributed by atoms with Gasteiger partial charge in [-0.15, -0.1) is 0 Å². The lowest BCUT2D eigenvalue weighted by atomic mass is 9.98. The van der Waals surface area contributed by atoms with Crippen LogP contribution in [0.4, 0.5) is 0 Å². The fraction of sp³-hybridized carbons (Fsp3) is 0.417. The van der Waals surface area contributed by atoms with E-state index in [1.807, 2.05) is 23.1 Å². The van der Waals surface area contributed by atoms with Crippen molar-refractivity contribution in [1.82, 2.24) is 10.2 Å². The van der Waals surface area contributed by atoms with Crippen LogP contribution < -0.4 is 5.32 Å². The first kappa shape index (κ1) is 8.92. The number of hydrogen-bond donors (Lipinski definition) is 1. The molecule has 0 bridgehead atoms. The minimum atomic E-state index is 0.176. The highest BCUT2D eigenvalue weighted by molar-refractivity contribution is 5.99. The van der Waals surface area contributed by atoms with E-state index >= 15 is 0 Å². The number of rotatable bonds is 0. The SMILES string of the molecule is CC1CC2c3ccccc3C(=O)N2CN1. The predicted molar refractivity (Wildman–Crippen MR) is 57.4 cm³/mol.